The van der Waals surface area contributed by atoms with Crippen molar-refractivity contribution in [1.29, 1.82) is 0 Å². The van der Waals surface area contributed by atoms with Gasteiger partial charge < -0.3 is 0 Å². The summed E-state index contributed by atoms with van der Waals surface area (Å²) in [5.41, 5.74) is 1.38. The van der Waals surface area contributed by atoms with Crippen molar-refractivity contribution >= 4 is 22.6 Å². The molecule has 0 aliphatic carbocycles. The van der Waals surface area contributed by atoms with Gasteiger partial charge >= 0.3 is 0 Å². The Morgan fingerprint density at radius 2 is 2.00 bits per heavy atom. The zero-order valence-corrected chi connectivity index (χ0v) is 11.3. The maximum atomic E-state index is 2.36. The van der Waals surface area contributed by atoms with Crippen LogP contribution in [0.2, 0.25) is 0 Å². The van der Waals surface area contributed by atoms with Crippen LogP contribution >= 0.6 is 22.6 Å². The molecule has 0 saturated carbocycles. The highest BCUT2D eigenvalue weighted by Gasteiger charge is 2.03. The Kier molecular flexibility index (Phi) is 7.72. The van der Waals surface area contributed by atoms with Crippen molar-refractivity contribution in [3.8, 4) is 0 Å². The fourth-order valence-corrected chi connectivity index (χ4v) is 2.04. The first-order valence-electron chi connectivity index (χ1n) is 5.05. The summed E-state index contributed by atoms with van der Waals surface area (Å²) in [6.07, 6.45) is 7.12. The van der Waals surface area contributed by atoms with Crippen molar-refractivity contribution in [3.63, 3.8) is 0 Å². The molecule has 0 aromatic carbocycles. The summed E-state index contributed by atoms with van der Waals surface area (Å²) in [5.74, 6) is 1.56. The van der Waals surface area contributed by atoms with E-state index in [9.17, 15) is 0 Å². The molecule has 13 heavy (non-hydrogen) atoms. The molecule has 2 unspecified atom stereocenters. The summed E-state index contributed by atoms with van der Waals surface area (Å²) in [5, 5.41) is 0. The minimum atomic E-state index is 0.711. The second-order valence-electron chi connectivity index (χ2n) is 3.93. The molecule has 1 heteroatoms. The summed E-state index contributed by atoms with van der Waals surface area (Å²) in [6.45, 7) is 9.06. The van der Waals surface area contributed by atoms with Gasteiger partial charge in [-0.3, -0.25) is 0 Å². The van der Waals surface area contributed by atoms with Crippen LogP contribution in [0.3, 0.4) is 0 Å². The minimum absolute atomic E-state index is 0.711. The average molecular weight is 292 g/mol. The van der Waals surface area contributed by atoms with Gasteiger partial charge in [-0.1, -0.05) is 67.5 Å². The van der Waals surface area contributed by atoms with E-state index in [0.29, 0.717) is 5.92 Å². The first kappa shape index (κ1) is 13.2. The van der Waals surface area contributed by atoms with Crippen molar-refractivity contribution < 1.29 is 0 Å². The van der Waals surface area contributed by atoms with Crippen LogP contribution < -0.4 is 0 Å². The van der Waals surface area contributed by atoms with Crippen LogP contribution in [0.4, 0.5) is 0 Å². The molecule has 0 N–H and O–H groups in total. The molecule has 76 valence electrons. The summed E-state index contributed by atoms with van der Waals surface area (Å²) in [7, 11) is 0. The monoisotopic (exact) mass is 292 g/mol. The molecule has 0 aliphatic rings. The smallest absolute Gasteiger partial charge is 0.0231 e. The fourth-order valence-electron chi connectivity index (χ4n) is 1.47. The molecule has 0 bridgehead atoms. The predicted octanol–water partition coefficient (Wildman–Crippen LogP) is 4.95. The van der Waals surface area contributed by atoms with Crippen molar-refractivity contribution in [3.05, 3.63) is 21.8 Å². The molecule has 0 aromatic heterocycles. The van der Waals surface area contributed by atoms with Gasteiger partial charge in [0.05, 0.1) is 0 Å². The van der Waals surface area contributed by atoms with Gasteiger partial charge in [0.2, 0.25) is 0 Å². The van der Waals surface area contributed by atoms with Gasteiger partial charge in [0.25, 0.3) is 0 Å². The molecular weight excluding hydrogens is 271 g/mol. The summed E-state index contributed by atoms with van der Waals surface area (Å²) in [4.78, 5) is 0. The quantitative estimate of drug-likeness (QED) is 0.496. The van der Waals surface area contributed by atoms with Gasteiger partial charge in [-0.15, -0.1) is 0 Å². The SMILES string of the molecule is CCC(C)CC(C)/C=C(C)/C=C\I. The second-order valence-corrected chi connectivity index (χ2v) is 4.65. The third kappa shape index (κ3) is 7.29. The zero-order chi connectivity index (χ0) is 10.3. The van der Waals surface area contributed by atoms with E-state index in [0.717, 1.165) is 5.92 Å². The molecule has 0 aliphatic heterocycles. The molecule has 2 atom stereocenters. The molecule has 0 fully saturated rings. The molecule has 0 rings (SSSR count). The minimum Gasteiger partial charge on any atom is -0.0787 e. The van der Waals surface area contributed by atoms with Crippen molar-refractivity contribution in [2.75, 3.05) is 0 Å². The van der Waals surface area contributed by atoms with Crippen LogP contribution in [-0.2, 0) is 0 Å². The molecule has 0 heterocycles. The first-order chi connectivity index (χ1) is 6.10. The highest BCUT2D eigenvalue weighted by Crippen LogP contribution is 2.17. The van der Waals surface area contributed by atoms with Crippen LogP contribution in [0, 0.1) is 11.8 Å². The van der Waals surface area contributed by atoms with Gasteiger partial charge in [-0.2, -0.15) is 0 Å². The normalized spacial score (nSPS) is 17.8. The second kappa shape index (κ2) is 7.60. The van der Waals surface area contributed by atoms with Crippen molar-refractivity contribution in [2.24, 2.45) is 11.8 Å². The summed E-state index contributed by atoms with van der Waals surface area (Å²) < 4.78 is 2.07. The summed E-state index contributed by atoms with van der Waals surface area (Å²) >= 11 is 2.26. The third-order valence-corrected chi connectivity index (χ3v) is 2.70. The Bertz CT molecular complexity index is 180. The van der Waals surface area contributed by atoms with Crippen molar-refractivity contribution in [2.45, 2.75) is 40.5 Å². The Labute approximate surface area is 96.6 Å². The Hall–Kier alpha value is 0.210. The standard InChI is InChI=1S/C12H21I/c1-5-10(2)8-12(4)9-11(3)6-7-13/h6-7,9-10,12H,5,8H2,1-4H3/b7-6-,11-9+. The van der Waals surface area contributed by atoms with E-state index in [4.69, 9.17) is 0 Å². The number of allylic oxidation sites excluding steroid dienone is 3. The molecule has 0 aromatic rings. The third-order valence-electron chi connectivity index (χ3n) is 2.34. The molecular formula is C12H21I. The molecule has 0 saturated heterocycles. The maximum Gasteiger partial charge on any atom is -0.0231 e. The van der Waals surface area contributed by atoms with Crippen LogP contribution in [-0.4, -0.2) is 0 Å². The van der Waals surface area contributed by atoms with Crippen LogP contribution in [0.25, 0.3) is 0 Å². The Morgan fingerprint density at radius 3 is 2.46 bits per heavy atom. The summed E-state index contributed by atoms with van der Waals surface area (Å²) in [6, 6.07) is 0. The van der Waals surface area contributed by atoms with Crippen LogP contribution in [0.5, 0.6) is 0 Å². The van der Waals surface area contributed by atoms with Gasteiger partial charge in [0, 0.05) is 0 Å². The van der Waals surface area contributed by atoms with Crippen molar-refractivity contribution in [1.82, 2.24) is 0 Å². The number of halogens is 1. The molecule has 0 amide bonds. The molecule has 0 nitrogen and oxygen atoms in total. The molecule has 0 spiro atoms. The largest absolute Gasteiger partial charge is 0.0787 e. The highest BCUT2D eigenvalue weighted by molar-refractivity contribution is 14.1. The van der Waals surface area contributed by atoms with Crippen LogP contribution in [0.15, 0.2) is 21.8 Å². The number of hydrogen-bond acceptors (Lipinski definition) is 0. The Balaban J connectivity index is 3.97. The van der Waals surface area contributed by atoms with E-state index in [1.54, 1.807) is 0 Å². The topological polar surface area (TPSA) is 0 Å². The lowest BCUT2D eigenvalue weighted by Crippen LogP contribution is -1.99. The van der Waals surface area contributed by atoms with E-state index < -0.39 is 0 Å². The van der Waals surface area contributed by atoms with E-state index in [1.807, 2.05) is 0 Å². The zero-order valence-electron chi connectivity index (χ0n) is 9.18. The van der Waals surface area contributed by atoms with Gasteiger partial charge in [0.15, 0.2) is 0 Å². The lowest BCUT2D eigenvalue weighted by atomic mass is 9.94. The highest BCUT2D eigenvalue weighted by atomic mass is 127. The van der Waals surface area contributed by atoms with Gasteiger partial charge in [-0.05, 0) is 29.3 Å². The average Bonchev–Trinajstić information content (AvgIpc) is 2.04. The first-order valence-corrected chi connectivity index (χ1v) is 6.29. The van der Waals surface area contributed by atoms with Gasteiger partial charge in [0.1, 0.15) is 0 Å². The lowest BCUT2D eigenvalue weighted by Gasteiger charge is -2.12. The van der Waals surface area contributed by atoms with E-state index >= 15 is 0 Å². The van der Waals surface area contributed by atoms with Crippen LogP contribution in [0.1, 0.15) is 40.5 Å². The maximum absolute atomic E-state index is 2.36. The molecule has 0 radical (unpaired) electrons. The van der Waals surface area contributed by atoms with Gasteiger partial charge in [-0.25, -0.2) is 0 Å². The number of rotatable bonds is 5. The Morgan fingerprint density at radius 1 is 1.38 bits per heavy atom. The van der Waals surface area contributed by atoms with E-state index in [1.165, 1.54) is 18.4 Å². The van der Waals surface area contributed by atoms with E-state index in [-0.39, 0.29) is 0 Å². The fraction of sp³-hybridized carbons (Fsp3) is 0.667. The lowest BCUT2D eigenvalue weighted by molar-refractivity contribution is 0.454. The number of hydrogen-bond donors (Lipinski definition) is 0. The van der Waals surface area contributed by atoms with E-state index in [2.05, 4.69) is 66.5 Å². The predicted molar refractivity (Wildman–Crippen MR) is 70.2 cm³/mol.